The molecule has 0 radical (unpaired) electrons. The van der Waals surface area contributed by atoms with Gasteiger partial charge >= 0.3 is 0 Å². The Hall–Kier alpha value is -1.72. The first kappa shape index (κ1) is 15.7. The zero-order chi connectivity index (χ0) is 15.1. The molecule has 21 heavy (non-hydrogen) atoms. The van der Waals surface area contributed by atoms with Crippen LogP contribution in [0.4, 0.5) is 0 Å². The van der Waals surface area contributed by atoms with Gasteiger partial charge in [0.2, 0.25) is 0 Å². The van der Waals surface area contributed by atoms with Gasteiger partial charge in [-0.3, -0.25) is 4.68 Å². The first-order valence-electron chi connectivity index (χ1n) is 7.47. The van der Waals surface area contributed by atoms with Gasteiger partial charge < -0.3 is 9.84 Å². The summed E-state index contributed by atoms with van der Waals surface area (Å²) in [6, 6.07) is 9.80. The summed E-state index contributed by atoms with van der Waals surface area (Å²) in [7, 11) is 0. The van der Waals surface area contributed by atoms with Crippen LogP contribution in [0.15, 0.2) is 36.7 Å². The molecule has 114 valence electrons. The second-order valence-electron chi connectivity index (χ2n) is 4.96. The molecule has 5 heteroatoms. The molecule has 0 fully saturated rings. The number of aryl methyl sites for hydroxylation is 1. The second-order valence-corrected chi connectivity index (χ2v) is 4.96. The number of aliphatic hydroxyl groups is 1. The minimum atomic E-state index is -0.646. The van der Waals surface area contributed by atoms with Crippen LogP contribution in [0.2, 0.25) is 0 Å². The maximum absolute atomic E-state index is 10.6. The van der Waals surface area contributed by atoms with E-state index >= 15 is 0 Å². The average Bonchev–Trinajstić information content (AvgIpc) is 2.93. The summed E-state index contributed by atoms with van der Waals surface area (Å²) in [6.07, 6.45) is 1.96. The number of rotatable bonds is 8. The molecule has 0 amide bonds. The van der Waals surface area contributed by atoms with E-state index in [1.54, 1.807) is 0 Å². The fourth-order valence-corrected chi connectivity index (χ4v) is 2.39. The highest BCUT2D eigenvalue weighted by molar-refractivity contribution is 5.19. The molecule has 5 nitrogen and oxygen atoms in total. The molecular weight excluding hydrogens is 266 g/mol. The van der Waals surface area contributed by atoms with Crippen LogP contribution in [-0.4, -0.2) is 32.6 Å². The molecule has 2 aromatic rings. The smallest absolute Gasteiger partial charge is 0.138 e. The number of ether oxygens (including phenoxy) is 1. The first-order chi connectivity index (χ1) is 10.3. The number of hydrogen-bond acceptors (Lipinski definition) is 4. The lowest BCUT2D eigenvalue weighted by Gasteiger charge is -2.23. The molecule has 2 rings (SSSR count). The Morgan fingerprint density at radius 1 is 1.24 bits per heavy atom. The van der Waals surface area contributed by atoms with E-state index in [0.717, 1.165) is 24.4 Å². The fraction of sp³-hybridized carbons (Fsp3) is 0.500. The van der Waals surface area contributed by atoms with Crippen molar-refractivity contribution in [2.45, 2.75) is 45.4 Å². The zero-order valence-electron chi connectivity index (χ0n) is 12.6. The molecule has 0 aliphatic carbocycles. The van der Waals surface area contributed by atoms with Gasteiger partial charge in [0, 0.05) is 19.6 Å². The second kappa shape index (κ2) is 7.90. The summed E-state index contributed by atoms with van der Waals surface area (Å²) in [5, 5.41) is 14.7. The van der Waals surface area contributed by atoms with E-state index in [4.69, 9.17) is 4.74 Å². The topological polar surface area (TPSA) is 60.2 Å². The lowest BCUT2D eigenvalue weighted by molar-refractivity contribution is -0.0351. The Labute approximate surface area is 125 Å². The van der Waals surface area contributed by atoms with E-state index in [0.29, 0.717) is 13.0 Å². The summed E-state index contributed by atoms with van der Waals surface area (Å²) in [5.74, 6) is 0.796. The third-order valence-electron chi connectivity index (χ3n) is 3.35. The van der Waals surface area contributed by atoms with Gasteiger partial charge in [0.15, 0.2) is 0 Å². The van der Waals surface area contributed by atoms with Crippen molar-refractivity contribution in [1.29, 1.82) is 0 Å². The van der Waals surface area contributed by atoms with E-state index in [1.165, 1.54) is 6.33 Å². The molecule has 2 atom stereocenters. The number of aromatic nitrogens is 3. The van der Waals surface area contributed by atoms with Crippen molar-refractivity contribution >= 4 is 0 Å². The zero-order valence-corrected chi connectivity index (χ0v) is 12.6. The number of nitrogens with zero attached hydrogens (tertiary/aromatic N) is 3. The molecule has 0 spiro atoms. The highest BCUT2D eigenvalue weighted by Crippen LogP contribution is 2.23. The van der Waals surface area contributed by atoms with Gasteiger partial charge in [-0.25, -0.2) is 4.98 Å². The number of aliphatic hydroxyl groups excluding tert-OH is 1. The molecule has 1 aromatic carbocycles. The van der Waals surface area contributed by atoms with Crippen molar-refractivity contribution in [2.75, 3.05) is 6.61 Å². The van der Waals surface area contributed by atoms with Crippen molar-refractivity contribution in [3.63, 3.8) is 0 Å². The quantitative estimate of drug-likeness (QED) is 0.810. The monoisotopic (exact) mass is 289 g/mol. The Balaban J connectivity index is 2.11. The lowest BCUT2D eigenvalue weighted by atomic mass is 10.0. The summed E-state index contributed by atoms with van der Waals surface area (Å²) in [6.45, 7) is 5.39. The Morgan fingerprint density at radius 3 is 2.67 bits per heavy atom. The van der Waals surface area contributed by atoms with E-state index in [-0.39, 0.29) is 6.10 Å². The molecule has 0 aliphatic rings. The van der Waals surface area contributed by atoms with Crippen LogP contribution in [-0.2, 0) is 17.7 Å². The Kier molecular flexibility index (Phi) is 5.90. The highest BCUT2D eigenvalue weighted by atomic mass is 16.5. The van der Waals surface area contributed by atoms with Crippen LogP contribution in [0.25, 0.3) is 0 Å². The molecular formula is C16H23N3O2. The normalized spacial score (nSPS) is 14.0. The summed E-state index contributed by atoms with van der Waals surface area (Å²) < 4.78 is 7.58. The maximum Gasteiger partial charge on any atom is 0.138 e. The van der Waals surface area contributed by atoms with Gasteiger partial charge in [-0.05, 0) is 18.9 Å². The Bertz CT molecular complexity index is 527. The lowest BCUT2D eigenvalue weighted by Crippen LogP contribution is -2.25. The average molecular weight is 289 g/mol. The Morgan fingerprint density at radius 2 is 2.00 bits per heavy atom. The predicted octanol–water partition coefficient (Wildman–Crippen LogP) is 2.37. The van der Waals surface area contributed by atoms with E-state index < -0.39 is 6.10 Å². The van der Waals surface area contributed by atoms with Crippen LogP contribution >= 0.6 is 0 Å². The third-order valence-corrected chi connectivity index (χ3v) is 3.35. The predicted molar refractivity (Wildman–Crippen MR) is 80.8 cm³/mol. The summed E-state index contributed by atoms with van der Waals surface area (Å²) in [4.78, 5) is 4.25. The molecule has 1 aromatic heterocycles. The molecule has 0 saturated carbocycles. The van der Waals surface area contributed by atoms with Crippen LogP contribution in [0.5, 0.6) is 0 Å². The van der Waals surface area contributed by atoms with Crippen LogP contribution in [0.3, 0.4) is 0 Å². The highest BCUT2D eigenvalue weighted by Gasteiger charge is 2.23. The van der Waals surface area contributed by atoms with E-state index in [1.807, 2.05) is 41.9 Å². The maximum atomic E-state index is 10.6. The van der Waals surface area contributed by atoms with Crippen LogP contribution in [0.1, 0.15) is 37.8 Å². The minimum absolute atomic E-state index is 0.344. The fourth-order valence-electron chi connectivity index (χ4n) is 2.39. The molecule has 1 heterocycles. The molecule has 0 bridgehead atoms. The van der Waals surface area contributed by atoms with Crippen LogP contribution in [0, 0.1) is 0 Å². The molecule has 0 saturated heterocycles. The number of benzene rings is 1. The first-order valence-corrected chi connectivity index (χ1v) is 7.47. The van der Waals surface area contributed by atoms with Gasteiger partial charge in [-0.2, -0.15) is 5.10 Å². The summed E-state index contributed by atoms with van der Waals surface area (Å²) >= 11 is 0. The van der Waals surface area contributed by atoms with E-state index in [9.17, 15) is 5.11 Å². The minimum Gasteiger partial charge on any atom is -0.390 e. The largest absolute Gasteiger partial charge is 0.390 e. The van der Waals surface area contributed by atoms with Gasteiger partial charge in [0.1, 0.15) is 18.3 Å². The van der Waals surface area contributed by atoms with Gasteiger partial charge in [0.05, 0.1) is 6.10 Å². The van der Waals surface area contributed by atoms with Crippen molar-refractivity contribution < 1.29 is 9.84 Å². The number of hydrogen-bond donors (Lipinski definition) is 1. The molecule has 0 aliphatic heterocycles. The van der Waals surface area contributed by atoms with Crippen molar-refractivity contribution in [2.24, 2.45) is 0 Å². The molecule has 2 unspecified atom stereocenters. The van der Waals surface area contributed by atoms with Gasteiger partial charge in [-0.1, -0.05) is 37.3 Å². The third kappa shape index (κ3) is 4.12. The van der Waals surface area contributed by atoms with Gasteiger partial charge in [0.25, 0.3) is 0 Å². The van der Waals surface area contributed by atoms with Crippen LogP contribution < -0.4 is 0 Å². The van der Waals surface area contributed by atoms with Crippen molar-refractivity contribution in [3.8, 4) is 0 Å². The van der Waals surface area contributed by atoms with Gasteiger partial charge in [-0.15, -0.1) is 0 Å². The van der Waals surface area contributed by atoms with Crippen molar-refractivity contribution in [1.82, 2.24) is 14.8 Å². The SMILES string of the molecule is CCCn1ncnc1CC(O)C(OCC)c1ccccc1. The summed E-state index contributed by atoms with van der Waals surface area (Å²) in [5.41, 5.74) is 0.980. The van der Waals surface area contributed by atoms with Crippen molar-refractivity contribution in [3.05, 3.63) is 48.0 Å². The standard InChI is InChI=1S/C16H23N3O2/c1-3-10-19-15(17-12-18-19)11-14(20)16(21-4-2)13-8-6-5-7-9-13/h5-9,12,14,16,20H,3-4,10-11H2,1-2H3. The van der Waals surface area contributed by atoms with E-state index in [2.05, 4.69) is 17.0 Å². The molecule has 1 N–H and O–H groups in total.